The van der Waals surface area contributed by atoms with E-state index in [2.05, 4.69) is 0 Å². The van der Waals surface area contributed by atoms with Crippen molar-refractivity contribution in [2.24, 2.45) is 0 Å². The molecule has 0 bridgehead atoms. The zero-order valence-electron chi connectivity index (χ0n) is 19.1. The van der Waals surface area contributed by atoms with E-state index in [0.29, 0.717) is 6.42 Å². The van der Waals surface area contributed by atoms with E-state index in [9.17, 15) is 40.5 Å². The summed E-state index contributed by atoms with van der Waals surface area (Å²) in [4.78, 5) is 13.3. The number of fused-ring (bicyclic) bond motifs is 1. The number of hydrogen-bond donors (Lipinski definition) is 7. The summed E-state index contributed by atoms with van der Waals surface area (Å²) in [5, 5.41) is 69.5. The quantitative estimate of drug-likeness (QED) is 0.220. The zero-order valence-corrected chi connectivity index (χ0v) is 19.1. The molecule has 12 heteroatoms. The Balaban J connectivity index is 1.80. The fraction of sp³-hybridized carbons (Fsp3) is 0.375. The molecule has 0 amide bonds. The predicted molar refractivity (Wildman–Crippen MR) is 123 cm³/mol. The molecule has 1 fully saturated rings. The van der Waals surface area contributed by atoms with Gasteiger partial charge in [0, 0.05) is 17.7 Å². The molecule has 2 aromatic carbocycles. The number of rotatable bonds is 7. The fourth-order valence-electron chi connectivity index (χ4n) is 3.81. The van der Waals surface area contributed by atoms with Crippen LogP contribution in [0, 0.1) is 0 Å². The summed E-state index contributed by atoms with van der Waals surface area (Å²) in [6.45, 7) is 1.33. The predicted octanol–water partition coefficient (Wildman–Crippen LogP) is 0.544. The number of ether oxygens (including phenoxy) is 3. The molecule has 1 aromatic heterocycles. The third kappa shape index (κ3) is 4.64. The van der Waals surface area contributed by atoms with Crippen molar-refractivity contribution in [3.63, 3.8) is 0 Å². The van der Waals surface area contributed by atoms with Gasteiger partial charge in [0.1, 0.15) is 46.9 Å². The molecule has 36 heavy (non-hydrogen) atoms. The van der Waals surface area contributed by atoms with Gasteiger partial charge in [-0.1, -0.05) is 6.92 Å². The lowest BCUT2D eigenvalue weighted by Gasteiger charge is -2.39. The summed E-state index contributed by atoms with van der Waals surface area (Å²) in [7, 11) is 0. The molecule has 1 aliphatic heterocycles. The second-order valence-electron chi connectivity index (χ2n) is 8.27. The minimum Gasteiger partial charge on any atom is -0.507 e. The standard InChI is InChI=1S/C24H26O12/c1-2-5-33-23-19(30)17-14(28)7-11(34-24-21(32)20(31)18(29)16(9-25)36-24)8-15(17)35-22(23)10-3-4-12(26)13(27)6-10/h3-4,6-8,16,18,20-21,24-29,31-32H,2,5,9H2,1H3/t16?,18-,20?,21?,24-/m1/s1. The lowest BCUT2D eigenvalue weighted by molar-refractivity contribution is -0.277. The maximum atomic E-state index is 13.3. The Kier molecular flexibility index (Phi) is 7.24. The molecule has 0 radical (unpaired) electrons. The van der Waals surface area contributed by atoms with E-state index in [1.165, 1.54) is 24.3 Å². The van der Waals surface area contributed by atoms with E-state index >= 15 is 0 Å². The molecule has 1 saturated heterocycles. The van der Waals surface area contributed by atoms with Crippen LogP contribution in [0.3, 0.4) is 0 Å². The van der Waals surface area contributed by atoms with Gasteiger partial charge in [-0.25, -0.2) is 0 Å². The van der Waals surface area contributed by atoms with Gasteiger partial charge in [-0.3, -0.25) is 4.79 Å². The SMILES string of the molecule is CCCOc1c(-c2ccc(O)c(O)c2)oc2cc(O[C@@H]3OC(CO)[C@@H](O)C(O)C3O)cc(O)c2c1=O. The van der Waals surface area contributed by atoms with E-state index < -0.39 is 54.2 Å². The number of phenolic OH excluding ortho intramolecular Hbond substituents is 3. The highest BCUT2D eigenvalue weighted by atomic mass is 16.7. The van der Waals surface area contributed by atoms with Gasteiger partial charge in [-0.05, 0) is 24.6 Å². The summed E-state index contributed by atoms with van der Waals surface area (Å²) in [5.41, 5.74) is -0.648. The molecule has 0 aliphatic carbocycles. The first-order chi connectivity index (χ1) is 17.2. The van der Waals surface area contributed by atoms with Crippen molar-refractivity contribution in [3.05, 3.63) is 40.6 Å². The molecule has 5 atom stereocenters. The fourth-order valence-corrected chi connectivity index (χ4v) is 3.81. The van der Waals surface area contributed by atoms with Crippen LogP contribution >= 0.6 is 0 Å². The van der Waals surface area contributed by atoms with E-state index in [1.807, 2.05) is 6.92 Å². The highest BCUT2D eigenvalue weighted by Crippen LogP contribution is 2.39. The van der Waals surface area contributed by atoms with E-state index in [4.69, 9.17) is 18.6 Å². The normalized spacial score (nSPS) is 24.1. The lowest BCUT2D eigenvalue weighted by Crippen LogP contribution is -2.60. The Morgan fingerprint density at radius 3 is 2.36 bits per heavy atom. The van der Waals surface area contributed by atoms with Crippen molar-refractivity contribution in [2.45, 2.75) is 44.1 Å². The van der Waals surface area contributed by atoms with Crippen LogP contribution in [0.5, 0.6) is 28.7 Å². The van der Waals surface area contributed by atoms with Gasteiger partial charge in [-0.15, -0.1) is 0 Å². The second-order valence-corrected chi connectivity index (χ2v) is 8.27. The first-order valence-electron chi connectivity index (χ1n) is 11.1. The highest BCUT2D eigenvalue weighted by molar-refractivity contribution is 5.88. The second kappa shape index (κ2) is 10.2. The summed E-state index contributed by atoms with van der Waals surface area (Å²) < 4.78 is 22.3. The van der Waals surface area contributed by atoms with Crippen LogP contribution in [0.15, 0.2) is 39.5 Å². The maximum absolute atomic E-state index is 13.3. The average molecular weight is 506 g/mol. The molecular formula is C24H26O12. The molecule has 0 spiro atoms. The smallest absolute Gasteiger partial charge is 0.239 e. The Bertz CT molecular complexity index is 1300. The van der Waals surface area contributed by atoms with Gasteiger partial charge in [0.2, 0.25) is 17.5 Å². The van der Waals surface area contributed by atoms with Crippen molar-refractivity contribution in [1.82, 2.24) is 0 Å². The number of phenols is 3. The van der Waals surface area contributed by atoms with Crippen LogP contribution < -0.4 is 14.9 Å². The monoisotopic (exact) mass is 506 g/mol. The largest absolute Gasteiger partial charge is 0.507 e. The molecule has 3 aromatic rings. The summed E-state index contributed by atoms with van der Waals surface area (Å²) >= 11 is 0. The van der Waals surface area contributed by atoms with E-state index in [-0.39, 0.29) is 46.1 Å². The minimum absolute atomic E-state index is 0.0827. The van der Waals surface area contributed by atoms with Gasteiger partial charge < -0.3 is 54.4 Å². The lowest BCUT2D eigenvalue weighted by atomic mass is 9.99. The van der Waals surface area contributed by atoms with E-state index in [1.54, 1.807) is 0 Å². The van der Waals surface area contributed by atoms with Crippen LogP contribution in [0.4, 0.5) is 0 Å². The number of hydrogen-bond acceptors (Lipinski definition) is 12. The maximum Gasteiger partial charge on any atom is 0.239 e. The first kappa shape index (κ1) is 25.5. The third-order valence-corrected chi connectivity index (χ3v) is 5.70. The van der Waals surface area contributed by atoms with Crippen LogP contribution in [-0.2, 0) is 4.74 Å². The molecular weight excluding hydrogens is 480 g/mol. The van der Waals surface area contributed by atoms with Crippen molar-refractivity contribution in [1.29, 1.82) is 0 Å². The van der Waals surface area contributed by atoms with Crippen LogP contribution in [0.25, 0.3) is 22.3 Å². The topological polar surface area (TPSA) is 200 Å². The van der Waals surface area contributed by atoms with Crippen LogP contribution in [0.1, 0.15) is 13.3 Å². The molecule has 7 N–H and O–H groups in total. The van der Waals surface area contributed by atoms with Crippen molar-refractivity contribution in [2.75, 3.05) is 13.2 Å². The number of aromatic hydroxyl groups is 3. The van der Waals surface area contributed by atoms with Gasteiger partial charge >= 0.3 is 0 Å². The number of aliphatic hydroxyl groups is 4. The Morgan fingerprint density at radius 1 is 0.944 bits per heavy atom. The molecule has 3 unspecified atom stereocenters. The summed E-state index contributed by atoms with van der Waals surface area (Å²) in [6, 6.07) is 6.06. The van der Waals surface area contributed by atoms with Gasteiger partial charge in [0.25, 0.3) is 0 Å². The summed E-state index contributed by atoms with van der Waals surface area (Å²) in [5.74, 6) is -1.81. The van der Waals surface area contributed by atoms with Gasteiger partial charge in [0.05, 0.1) is 13.2 Å². The molecule has 2 heterocycles. The first-order valence-corrected chi connectivity index (χ1v) is 11.1. The molecule has 194 valence electrons. The van der Waals surface area contributed by atoms with E-state index in [0.717, 1.165) is 6.07 Å². The van der Waals surface area contributed by atoms with Gasteiger partial charge in [-0.2, -0.15) is 0 Å². The minimum atomic E-state index is -1.70. The van der Waals surface area contributed by atoms with Crippen LogP contribution in [0.2, 0.25) is 0 Å². The van der Waals surface area contributed by atoms with Gasteiger partial charge in [0.15, 0.2) is 17.3 Å². The molecule has 0 saturated carbocycles. The highest BCUT2D eigenvalue weighted by Gasteiger charge is 2.44. The molecule has 12 nitrogen and oxygen atoms in total. The Hall–Kier alpha value is -3.55. The Morgan fingerprint density at radius 2 is 1.69 bits per heavy atom. The number of aliphatic hydroxyl groups excluding tert-OH is 4. The third-order valence-electron chi connectivity index (χ3n) is 5.70. The van der Waals surface area contributed by atoms with Crippen molar-refractivity contribution >= 4 is 11.0 Å². The Labute approximate surface area is 203 Å². The number of benzene rings is 2. The zero-order chi connectivity index (χ0) is 26.1. The summed E-state index contributed by atoms with van der Waals surface area (Å²) in [6.07, 6.45) is -7.15. The van der Waals surface area contributed by atoms with Crippen molar-refractivity contribution in [3.8, 4) is 40.1 Å². The average Bonchev–Trinajstić information content (AvgIpc) is 2.85. The molecule has 1 aliphatic rings. The molecule has 4 rings (SSSR count). The van der Waals surface area contributed by atoms with Crippen LogP contribution in [-0.4, -0.2) is 79.7 Å². The van der Waals surface area contributed by atoms with Crippen molar-refractivity contribution < 1.29 is 54.4 Å².